The Labute approximate surface area is 147 Å². The number of fused-ring (bicyclic) bond motifs is 2. The van der Waals surface area contributed by atoms with Crippen LogP contribution >= 0.6 is 0 Å². The van der Waals surface area contributed by atoms with Crippen LogP contribution < -0.4 is 5.32 Å². The van der Waals surface area contributed by atoms with Gasteiger partial charge in [-0.05, 0) is 30.2 Å². The van der Waals surface area contributed by atoms with Crippen LogP contribution in [0.3, 0.4) is 0 Å². The van der Waals surface area contributed by atoms with Gasteiger partial charge in [0.1, 0.15) is 6.29 Å². The van der Waals surface area contributed by atoms with E-state index in [1.165, 1.54) is 6.07 Å². The predicted octanol–water partition coefficient (Wildman–Crippen LogP) is 4.27. The summed E-state index contributed by atoms with van der Waals surface area (Å²) in [6.45, 7) is 1.92. The Morgan fingerprint density at radius 2 is 1.85 bits per heavy atom. The Morgan fingerprint density at radius 3 is 2.50 bits per heavy atom. The molecule has 1 N–H and O–H groups in total. The van der Waals surface area contributed by atoms with Crippen LogP contribution in [0.15, 0.2) is 42.5 Å². The molecule has 0 saturated heterocycles. The summed E-state index contributed by atoms with van der Waals surface area (Å²) in [7, 11) is 0. The molecule has 1 atom stereocenters. The molecule has 1 amide bonds. The van der Waals surface area contributed by atoms with Gasteiger partial charge >= 0.3 is 6.18 Å². The lowest BCUT2D eigenvalue weighted by Crippen LogP contribution is -2.36. The second-order valence-electron chi connectivity index (χ2n) is 5.81. The maximum absolute atomic E-state index is 12.8. The molecule has 0 fully saturated rings. The molecular formula is C19H15F3N2O2. The Bertz CT molecular complexity index is 999. The number of benzene rings is 2. The van der Waals surface area contributed by atoms with Gasteiger partial charge in [-0.1, -0.05) is 31.2 Å². The molecule has 2 aromatic carbocycles. The highest BCUT2D eigenvalue weighted by Crippen LogP contribution is 2.33. The van der Waals surface area contributed by atoms with E-state index in [9.17, 15) is 22.8 Å². The fraction of sp³-hybridized carbons (Fsp3) is 0.211. The van der Waals surface area contributed by atoms with Gasteiger partial charge in [-0.2, -0.15) is 13.2 Å². The third-order valence-corrected chi connectivity index (χ3v) is 4.20. The zero-order valence-electron chi connectivity index (χ0n) is 13.8. The van der Waals surface area contributed by atoms with Crippen LogP contribution in [0.2, 0.25) is 0 Å². The average Bonchev–Trinajstić information content (AvgIpc) is 2.59. The number of anilines is 1. The number of halogens is 3. The Balaban J connectivity index is 2.16. The molecule has 3 rings (SSSR count). The van der Waals surface area contributed by atoms with Gasteiger partial charge in [-0.15, -0.1) is 0 Å². The van der Waals surface area contributed by atoms with E-state index in [4.69, 9.17) is 0 Å². The van der Waals surface area contributed by atoms with Crippen LogP contribution in [-0.2, 0) is 16.0 Å². The molecular weight excluding hydrogens is 345 g/mol. The zero-order valence-corrected chi connectivity index (χ0v) is 13.8. The summed E-state index contributed by atoms with van der Waals surface area (Å²) in [6, 6.07) is 12.3. The number of hydrogen-bond donors (Lipinski definition) is 1. The number of para-hydroxylation sites is 1. The summed E-state index contributed by atoms with van der Waals surface area (Å²) in [4.78, 5) is 27.3. The SMILES string of the molecule is CCc1c2ccccc2nc2cccc(NC(=O)C(C=O)C(F)(F)F)c12. The van der Waals surface area contributed by atoms with Crippen molar-refractivity contribution >= 4 is 39.7 Å². The van der Waals surface area contributed by atoms with Crippen molar-refractivity contribution in [3.63, 3.8) is 0 Å². The van der Waals surface area contributed by atoms with E-state index < -0.39 is 24.3 Å². The lowest BCUT2D eigenvalue weighted by Gasteiger charge is -2.17. The second-order valence-corrected chi connectivity index (χ2v) is 5.81. The number of hydrogen-bond acceptors (Lipinski definition) is 3. The molecule has 0 aliphatic heterocycles. The summed E-state index contributed by atoms with van der Waals surface area (Å²) in [5.41, 5.74) is 2.41. The summed E-state index contributed by atoms with van der Waals surface area (Å²) < 4.78 is 38.5. The Kier molecular flexibility index (Phi) is 4.63. The van der Waals surface area contributed by atoms with Crippen molar-refractivity contribution in [1.29, 1.82) is 0 Å². The van der Waals surface area contributed by atoms with Crippen molar-refractivity contribution in [3.05, 3.63) is 48.0 Å². The lowest BCUT2D eigenvalue weighted by molar-refractivity contribution is -0.178. The number of alkyl halides is 3. The average molecular weight is 360 g/mol. The van der Waals surface area contributed by atoms with Crippen molar-refractivity contribution in [2.75, 3.05) is 5.32 Å². The van der Waals surface area contributed by atoms with Crippen LogP contribution in [0.4, 0.5) is 18.9 Å². The minimum Gasteiger partial charge on any atom is -0.325 e. The van der Waals surface area contributed by atoms with Crippen LogP contribution in [-0.4, -0.2) is 23.4 Å². The van der Waals surface area contributed by atoms with Crippen LogP contribution in [0.5, 0.6) is 0 Å². The van der Waals surface area contributed by atoms with Gasteiger partial charge in [0.05, 0.1) is 16.7 Å². The monoisotopic (exact) mass is 360 g/mol. The largest absolute Gasteiger partial charge is 0.407 e. The third kappa shape index (κ3) is 3.12. The number of rotatable bonds is 4. The smallest absolute Gasteiger partial charge is 0.325 e. The number of nitrogens with zero attached hydrogens (tertiary/aromatic N) is 1. The van der Waals surface area contributed by atoms with Gasteiger partial charge in [0.15, 0.2) is 5.92 Å². The summed E-state index contributed by atoms with van der Waals surface area (Å²) in [5.74, 6) is -4.12. The van der Waals surface area contributed by atoms with Gasteiger partial charge in [0, 0.05) is 10.8 Å². The maximum Gasteiger partial charge on any atom is 0.407 e. The van der Waals surface area contributed by atoms with Crippen molar-refractivity contribution < 1.29 is 22.8 Å². The molecule has 0 radical (unpaired) electrons. The number of aldehydes is 1. The van der Waals surface area contributed by atoms with Gasteiger partial charge in [-0.25, -0.2) is 4.98 Å². The lowest BCUT2D eigenvalue weighted by atomic mass is 9.99. The molecule has 1 heterocycles. The van der Waals surface area contributed by atoms with Crippen molar-refractivity contribution in [3.8, 4) is 0 Å². The molecule has 134 valence electrons. The molecule has 0 spiro atoms. The summed E-state index contributed by atoms with van der Waals surface area (Å²) in [5, 5.41) is 3.70. The fourth-order valence-corrected chi connectivity index (χ4v) is 3.01. The molecule has 26 heavy (non-hydrogen) atoms. The summed E-state index contributed by atoms with van der Waals surface area (Å²) >= 11 is 0. The minimum absolute atomic E-state index is 0.207. The molecule has 0 aliphatic carbocycles. The van der Waals surface area contributed by atoms with Gasteiger partial charge in [0.25, 0.3) is 0 Å². The van der Waals surface area contributed by atoms with Crippen LogP contribution in [0.25, 0.3) is 21.8 Å². The molecule has 1 aromatic heterocycles. The molecule has 7 heteroatoms. The van der Waals surface area contributed by atoms with E-state index in [-0.39, 0.29) is 5.69 Å². The molecule has 0 aliphatic rings. The van der Waals surface area contributed by atoms with Gasteiger partial charge < -0.3 is 10.1 Å². The highest BCUT2D eigenvalue weighted by Gasteiger charge is 2.45. The second kappa shape index (κ2) is 6.74. The van der Waals surface area contributed by atoms with E-state index in [2.05, 4.69) is 10.3 Å². The highest BCUT2D eigenvalue weighted by molar-refractivity contribution is 6.10. The van der Waals surface area contributed by atoms with Crippen molar-refractivity contribution in [1.82, 2.24) is 4.98 Å². The molecule has 4 nitrogen and oxygen atoms in total. The standard InChI is InChI=1S/C19H15F3N2O2/c1-2-11-12-6-3-4-7-14(12)23-15-8-5-9-16(17(11)15)24-18(26)13(10-25)19(20,21)22/h3-10,13H,2H2,1H3,(H,24,26). The van der Waals surface area contributed by atoms with E-state index in [0.717, 1.165) is 16.5 Å². The number of aryl methyl sites for hydroxylation is 1. The van der Waals surface area contributed by atoms with Crippen molar-refractivity contribution in [2.45, 2.75) is 19.5 Å². The van der Waals surface area contributed by atoms with E-state index in [0.29, 0.717) is 17.3 Å². The van der Waals surface area contributed by atoms with E-state index >= 15 is 0 Å². The topological polar surface area (TPSA) is 59.1 Å². The number of carbonyl (C=O) groups is 2. The molecule has 3 aromatic rings. The zero-order chi connectivity index (χ0) is 18.9. The first-order chi connectivity index (χ1) is 12.4. The predicted molar refractivity (Wildman–Crippen MR) is 92.9 cm³/mol. The Morgan fingerprint density at radius 1 is 1.15 bits per heavy atom. The first kappa shape index (κ1) is 17.8. The van der Waals surface area contributed by atoms with Crippen molar-refractivity contribution in [2.24, 2.45) is 5.92 Å². The fourth-order valence-electron chi connectivity index (χ4n) is 3.01. The number of aromatic nitrogens is 1. The van der Waals surface area contributed by atoms with Gasteiger partial charge in [0.2, 0.25) is 5.91 Å². The quantitative estimate of drug-likeness (QED) is 0.429. The summed E-state index contributed by atoms with van der Waals surface area (Å²) in [6.07, 6.45) is -4.73. The first-order valence-electron chi connectivity index (χ1n) is 8.00. The van der Waals surface area contributed by atoms with Gasteiger partial charge in [-0.3, -0.25) is 4.79 Å². The number of amides is 1. The van der Waals surface area contributed by atoms with E-state index in [1.54, 1.807) is 12.1 Å². The van der Waals surface area contributed by atoms with Crippen LogP contribution in [0.1, 0.15) is 12.5 Å². The Hall–Kier alpha value is -2.96. The number of carbonyl (C=O) groups excluding carboxylic acids is 2. The maximum atomic E-state index is 12.8. The molecule has 0 bridgehead atoms. The third-order valence-electron chi connectivity index (χ3n) is 4.20. The molecule has 1 unspecified atom stereocenters. The normalized spacial score (nSPS) is 12.9. The number of pyridine rings is 1. The first-order valence-corrected chi connectivity index (χ1v) is 8.00. The van der Waals surface area contributed by atoms with Crippen LogP contribution in [0, 0.1) is 5.92 Å². The molecule has 0 saturated carbocycles. The van der Waals surface area contributed by atoms with E-state index in [1.807, 2.05) is 31.2 Å². The number of nitrogens with one attached hydrogen (secondary N) is 1. The highest BCUT2D eigenvalue weighted by atomic mass is 19.4. The minimum atomic E-state index is -4.94.